The molecule has 1 fully saturated rings. The minimum atomic E-state index is -4.39. The molecule has 1 amide bonds. The lowest BCUT2D eigenvalue weighted by atomic mass is 9.81. The molecule has 2 atom stereocenters. The van der Waals surface area contributed by atoms with E-state index < -0.39 is 17.8 Å². The molecular weight excluding hydrogens is 409 g/mol. The molecule has 0 bridgehead atoms. The monoisotopic (exact) mass is 432 g/mol. The van der Waals surface area contributed by atoms with Gasteiger partial charge in [0.1, 0.15) is 5.52 Å². The lowest BCUT2D eigenvalue weighted by molar-refractivity contribution is -0.137. The SMILES string of the molecule is CC(C)C1CC(c2ccc3oc(-c4ccc(C(F)(F)F)cc4)nc3c2)CCN1C(=O)O. The summed E-state index contributed by atoms with van der Waals surface area (Å²) in [6.07, 6.45) is -3.81. The summed E-state index contributed by atoms with van der Waals surface area (Å²) < 4.78 is 44.1. The Labute approximate surface area is 177 Å². The van der Waals surface area contributed by atoms with Crippen LogP contribution in [0.3, 0.4) is 0 Å². The Hall–Kier alpha value is -3.03. The summed E-state index contributed by atoms with van der Waals surface area (Å²) in [6.45, 7) is 4.54. The first kappa shape index (κ1) is 21.2. The number of piperidine rings is 1. The van der Waals surface area contributed by atoms with Gasteiger partial charge >= 0.3 is 12.3 Å². The summed E-state index contributed by atoms with van der Waals surface area (Å²) in [5.74, 6) is 0.682. The van der Waals surface area contributed by atoms with Crippen molar-refractivity contribution in [2.24, 2.45) is 5.92 Å². The molecule has 2 aromatic carbocycles. The third-order valence-corrected chi connectivity index (χ3v) is 6.00. The number of oxazole rings is 1. The maximum Gasteiger partial charge on any atom is 0.416 e. The Bertz CT molecular complexity index is 1090. The number of hydrogen-bond donors (Lipinski definition) is 1. The van der Waals surface area contributed by atoms with Crippen LogP contribution in [0.25, 0.3) is 22.6 Å². The Morgan fingerprint density at radius 2 is 1.90 bits per heavy atom. The van der Waals surface area contributed by atoms with Gasteiger partial charge in [-0.15, -0.1) is 0 Å². The first-order valence-corrected chi connectivity index (χ1v) is 10.2. The highest BCUT2D eigenvalue weighted by Gasteiger charge is 2.34. The molecule has 0 saturated carbocycles. The maximum atomic E-state index is 12.8. The van der Waals surface area contributed by atoms with Gasteiger partial charge in [0.15, 0.2) is 5.58 Å². The summed E-state index contributed by atoms with van der Waals surface area (Å²) in [4.78, 5) is 17.5. The molecule has 0 spiro atoms. The Kier molecular flexibility index (Phi) is 5.41. The van der Waals surface area contributed by atoms with Crippen molar-refractivity contribution in [2.75, 3.05) is 6.54 Å². The topological polar surface area (TPSA) is 66.6 Å². The van der Waals surface area contributed by atoms with Crippen LogP contribution in [-0.4, -0.2) is 33.7 Å². The number of carbonyl (C=O) groups is 1. The van der Waals surface area contributed by atoms with Gasteiger partial charge in [0.25, 0.3) is 0 Å². The Balaban J connectivity index is 1.59. The number of fused-ring (bicyclic) bond motifs is 1. The van der Waals surface area contributed by atoms with Gasteiger partial charge in [0.05, 0.1) is 5.56 Å². The highest BCUT2D eigenvalue weighted by molar-refractivity contribution is 5.77. The number of halogens is 3. The van der Waals surface area contributed by atoms with E-state index in [-0.39, 0.29) is 23.8 Å². The molecule has 1 saturated heterocycles. The molecule has 8 heteroatoms. The Morgan fingerprint density at radius 1 is 1.19 bits per heavy atom. The molecule has 0 aliphatic carbocycles. The lowest BCUT2D eigenvalue weighted by Gasteiger charge is -2.40. The van der Waals surface area contributed by atoms with Crippen molar-refractivity contribution >= 4 is 17.2 Å². The van der Waals surface area contributed by atoms with E-state index in [0.29, 0.717) is 23.2 Å². The van der Waals surface area contributed by atoms with Gasteiger partial charge in [0, 0.05) is 18.2 Å². The number of benzene rings is 2. The van der Waals surface area contributed by atoms with Crippen molar-refractivity contribution < 1.29 is 27.5 Å². The second-order valence-corrected chi connectivity index (χ2v) is 8.33. The fourth-order valence-corrected chi connectivity index (χ4v) is 4.29. The van der Waals surface area contributed by atoms with E-state index in [1.54, 1.807) is 0 Å². The van der Waals surface area contributed by atoms with Crippen molar-refractivity contribution in [3.8, 4) is 11.5 Å². The molecule has 4 rings (SSSR count). The number of nitrogens with zero attached hydrogens (tertiary/aromatic N) is 2. The zero-order chi connectivity index (χ0) is 22.3. The summed E-state index contributed by atoms with van der Waals surface area (Å²) in [5, 5.41) is 9.47. The van der Waals surface area contributed by atoms with E-state index in [1.165, 1.54) is 17.0 Å². The van der Waals surface area contributed by atoms with Gasteiger partial charge in [-0.1, -0.05) is 19.9 Å². The molecule has 3 aromatic rings. The van der Waals surface area contributed by atoms with Crippen LogP contribution in [0, 0.1) is 5.92 Å². The van der Waals surface area contributed by atoms with Crippen molar-refractivity contribution in [3.63, 3.8) is 0 Å². The van der Waals surface area contributed by atoms with Gasteiger partial charge < -0.3 is 14.4 Å². The summed E-state index contributed by atoms with van der Waals surface area (Å²) in [7, 11) is 0. The minimum Gasteiger partial charge on any atom is -0.465 e. The van der Waals surface area contributed by atoms with Crippen molar-refractivity contribution in [1.29, 1.82) is 0 Å². The molecule has 0 radical (unpaired) electrons. The van der Waals surface area contributed by atoms with Crippen LogP contribution >= 0.6 is 0 Å². The molecular formula is C23H23F3N2O3. The highest BCUT2D eigenvalue weighted by atomic mass is 19.4. The van der Waals surface area contributed by atoms with Gasteiger partial charge in [-0.2, -0.15) is 13.2 Å². The van der Waals surface area contributed by atoms with E-state index in [0.717, 1.165) is 30.5 Å². The van der Waals surface area contributed by atoms with E-state index >= 15 is 0 Å². The van der Waals surface area contributed by atoms with Crippen molar-refractivity contribution in [1.82, 2.24) is 9.88 Å². The van der Waals surface area contributed by atoms with Crippen LogP contribution in [0.2, 0.25) is 0 Å². The summed E-state index contributed by atoms with van der Waals surface area (Å²) >= 11 is 0. The second kappa shape index (κ2) is 7.90. The van der Waals surface area contributed by atoms with Crippen LogP contribution in [0.1, 0.15) is 43.7 Å². The molecule has 2 unspecified atom stereocenters. The molecule has 164 valence electrons. The fraction of sp³-hybridized carbons (Fsp3) is 0.391. The summed E-state index contributed by atoms with van der Waals surface area (Å²) in [5.41, 5.74) is 2.01. The standard InChI is InChI=1S/C23H23F3N2O3/c1-13(2)19-12-16(9-10-28(19)22(29)30)15-5-8-20-18(11-15)27-21(31-20)14-3-6-17(7-4-14)23(24,25)26/h3-8,11,13,16,19H,9-10,12H2,1-2H3,(H,29,30). The fourth-order valence-electron chi connectivity index (χ4n) is 4.29. The third-order valence-electron chi connectivity index (χ3n) is 6.00. The van der Waals surface area contributed by atoms with E-state index in [9.17, 15) is 23.1 Å². The van der Waals surface area contributed by atoms with Gasteiger partial charge in [-0.05, 0) is 66.6 Å². The lowest BCUT2D eigenvalue weighted by Crippen LogP contribution is -2.47. The average Bonchev–Trinajstić information content (AvgIpc) is 3.16. The number of carboxylic acid groups (broad SMARTS) is 1. The number of amides is 1. The number of hydrogen-bond acceptors (Lipinski definition) is 3. The van der Waals surface area contributed by atoms with E-state index in [4.69, 9.17) is 4.42 Å². The quantitative estimate of drug-likeness (QED) is 0.520. The average molecular weight is 432 g/mol. The van der Waals surface area contributed by atoms with Crippen molar-refractivity contribution in [3.05, 3.63) is 53.6 Å². The second-order valence-electron chi connectivity index (χ2n) is 8.33. The normalized spacial score (nSPS) is 19.9. The predicted octanol–water partition coefficient (Wildman–Crippen LogP) is 6.40. The molecule has 1 aliphatic heterocycles. The molecule has 31 heavy (non-hydrogen) atoms. The first-order valence-electron chi connectivity index (χ1n) is 10.2. The highest BCUT2D eigenvalue weighted by Crippen LogP contribution is 2.36. The largest absolute Gasteiger partial charge is 0.465 e. The smallest absolute Gasteiger partial charge is 0.416 e. The number of aromatic nitrogens is 1. The van der Waals surface area contributed by atoms with Crippen LogP contribution in [0.4, 0.5) is 18.0 Å². The number of alkyl halides is 3. The Morgan fingerprint density at radius 3 is 2.52 bits per heavy atom. The maximum absolute atomic E-state index is 12.8. The third kappa shape index (κ3) is 4.24. The van der Waals surface area contributed by atoms with Crippen molar-refractivity contribution in [2.45, 2.75) is 44.8 Å². The van der Waals surface area contributed by atoms with Gasteiger partial charge in [0.2, 0.25) is 5.89 Å². The predicted molar refractivity (Wildman–Crippen MR) is 110 cm³/mol. The number of likely N-dealkylation sites (tertiary alicyclic amines) is 1. The molecule has 1 aliphatic rings. The van der Waals surface area contributed by atoms with Gasteiger partial charge in [-0.25, -0.2) is 9.78 Å². The molecule has 1 N–H and O–H groups in total. The zero-order valence-electron chi connectivity index (χ0n) is 17.2. The zero-order valence-corrected chi connectivity index (χ0v) is 17.2. The first-order chi connectivity index (χ1) is 14.6. The molecule has 2 heterocycles. The van der Waals surface area contributed by atoms with Gasteiger partial charge in [-0.3, -0.25) is 0 Å². The van der Waals surface area contributed by atoms with E-state index in [1.807, 2.05) is 32.0 Å². The van der Waals surface area contributed by atoms with Crippen LogP contribution < -0.4 is 0 Å². The van der Waals surface area contributed by atoms with Crippen LogP contribution in [-0.2, 0) is 6.18 Å². The molecule has 5 nitrogen and oxygen atoms in total. The number of rotatable bonds is 3. The summed E-state index contributed by atoms with van der Waals surface area (Å²) in [6, 6.07) is 10.4. The van der Waals surface area contributed by atoms with Crippen LogP contribution in [0.15, 0.2) is 46.9 Å². The molecule has 1 aromatic heterocycles. The minimum absolute atomic E-state index is 0.0491. The van der Waals surface area contributed by atoms with Crippen LogP contribution in [0.5, 0.6) is 0 Å². The van der Waals surface area contributed by atoms with E-state index in [2.05, 4.69) is 4.98 Å².